The second kappa shape index (κ2) is 7.82. The maximum Gasteiger partial charge on any atom is 0.279 e. The lowest BCUT2D eigenvalue weighted by Crippen LogP contribution is -3.17. The highest BCUT2D eigenvalue weighted by atomic mass is 35.5. The maximum atomic E-state index is 12.3. The Balaban J connectivity index is 2.13. The third-order valence-corrected chi connectivity index (χ3v) is 6.60. The monoisotopic (exact) mass is 374 g/mol. The summed E-state index contributed by atoms with van der Waals surface area (Å²) in [6, 6.07) is 4.79. The van der Waals surface area contributed by atoms with Gasteiger partial charge in [0.05, 0.1) is 28.2 Å². The number of nitrogens with zero attached hydrogens (tertiary/aromatic N) is 1. The van der Waals surface area contributed by atoms with E-state index in [1.165, 1.54) is 43.6 Å². The minimum atomic E-state index is -3.57. The zero-order valence-corrected chi connectivity index (χ0v) is 15.9. The van der Waals surface area contributed by atoms with Crippen molar-refractivity contribution < 1.29 is 18.1 Å². The molecular formula is C16H25ClN3O3S+. The van der Waals surface area contributed by atoms with Crippen molar-refractivity contribution in [3.8, 4) is 0 Å². The highest BCUT2D eigenvalue weighted by molar-refractivity contribution is 7.89. The molecule has 2 rings (SSSR count). The quantitative estimate of drug-likeness (QED) is 0.807. The minimum Gasteiger partial charge on any atom is -0.325 e. The van der Waals surface area contributed by atoms with Gasteiger partial charge in [0, 0.05) is 14.1 Å². The van der Waals surface area contributed by atoms with E-state index in [-0.39, 0.29) is 10.8 Å². The van der Waals surface area contributed by atoms with E-state index in [9.17, 15) is 13.2 Å². The van der Waals surface area contributed by atoms with Crippen molar-refractivity contribution in [2.75, 3.05) is 32.5 Å². The molecular weight excluding hydrogens is 350 g/mol. The van der Waals surface area contributed by atoms with Gasteiger partial charge >= 0.3 is 0 Å². The van der Waals surface area contributed by atoms with Gasteiger partial charge in [0.25, 0.3) is 5.91 Å². The van der Waals surface area contributed by atoms with Crippen molar-refractivity contribution in [2.45, 2.75) is 37.1 Å². The smallest absolute Gasteiger partial charge is 0.279 e. The highest BCUT2D eigenvalue weighted by Gasteiger charge is 2.25. The number of rotatable bonds is 5. The number of amides is 1. The standard InChI is InChI=1S/C16H24ClN3O3S/c1-12-6-4-5-9-20(12)11-16(21)18-15-10-13(7-8-14(15)17)24(22,23)19(2)3/h7-8,10,12H,4-6,9,11H2,1-3H3,(H,18,21)/p+1/t12-/m0/s1. The molecule has 1 fully saturated rings. The number of anilines is 1. The van der Waals surface area contributed by atoms with E-state index in [0.29, 0.717) is 23.3 Å². The molecule has 1 saturated heterocycles. The lowest BCUT2D eigenvalue weighted by atomic mass is 10.0. The first kappa shape index (κ1) is 19.2. The fraction of sp³-hybridized carbons (Fsp3) is 0.562. The number of sulfonamides is 1. The zero-order chi connectivity index (χ0) is 17.9. The molecule has 0 bridgehead atoms. The van der Waals surface area contributed by atoms with Crippen LogP contribution in [0.3, 0.4) is 0 Å². The van der Waals surface area contributed by atoms with Gasteiger partial charge in [0.2, 0.25) is 10.0 Å². The molecule has 0 aromatic heterocycles. The largest absolute Gasteiger partial charge is 0.325 e. The summed E-state index contributed by atoms with van der Waals surface area (Å²) in [6.07, 6.45) is 3.47. The molecule has 2 N–H and O–H groups in total. The molecule has 2 atom stereocenters. The van der Waals surface area contributed by atoms with E-state index < -0.39 is 10.0 Å². The zero-order valence-electron chi connectivity index (χ0n) is 14.3. The van der Waals surface area contributed by atoms with Gasteiger partial charge < -0.3 is 10.2 Å². The van der Waals surface area contributed by atoms with Crippen molar-refractivity contribution in [2.24, 2.45) is 0 Å². The SMILES string of the molecule is C[C@H]1CCCC[NH+]1CC(=O)Nc1cc(S(=O)(=O)N(C)C)ccc1Cl. The molecule has 134 valence electrons. The Kier molecular flexibility index (Phi) is 6.25. The number of hydrogen-bond donors (Lipinski definition) is 2. The number of hydrogen-bond acceptors (Lipinski definition) is 3. The number of piperidine rings is 1. The van der Waals surface area contributed by atoms with E-state index >= 15 is 0 Å². The van der Waals surface area contributed by atoms with Crippen LogP contribution < -0.4 is 10.2 Å². The van der Waals surface area contributed by atoms with E-state index in [1.54, 1.807) is 0 Å². The predicted molar refractivity (Wildman–Crippen MR) is 95.0 cm³/mol. The number of halogens is 1. The minimum absolute atomic E-state index is 0.103. The first-order chi connectivity index (χ1) is 11.2. The van der Waals surface area contributed by atoms with Crippen LogP contribution in [-0.4, -0.2) is 51.9 Å². The fourth-order valence-electron chi connectivity index (χ4n) is 2.89. The van der Waals surface area contributed by atoms with Crippen LogP contribution in [0.25, 0.3) is 0 Å². The summed E-state index contributed by atoms with van der Waals surface area (Å²) in [4.78, 5) is 13.7. The highest BCUT2D eigenvalue weighted by Crippen LogP contribution is 2.26. The van der Waals surface area contributed by atoms with Crippen molar-refractivity contribution >= 4 is 33.2 Å². The first-order valence-corrected chi connectivity index (χ1v) is 9.90. The Labute approximate surface area is 148 Å². The van der Waals surface area contributed by atoms with Gasteiger partial charge in [-0.2, -0.15) is 0 Å². The Hall–Kier alpha value is -1.15. The summed E-state index contributed by atoms with van der Waals surface area (Å²) in [5, 5.41) is 3.08. The summed E-state index contributed by atoms with van der Waals surface area (Å²) < 4.78 is 25.5. The molecule has 0 aliphatic carbocycles. The normalized spacial score (nSPS) is 21.7. The maximum absolute atomic E-state index is 12.3. The lowest BCUT2D eigenvalue weighted by Gasteiger charge is -2.29. The van der Waals surface area contributed by atoms with Crippen LogP contribution in [0.5, 0.6) is 0 Å². The van der Waals surface area contributed by atoms with Gasteiger partial charge in [-0.25, -0.2) is 12.7 Å². The number of carbonyl (C=O) groups is 1. The van der Waals surface area contributed by atoms with E-state index in [4.69, 9.17) is 11.6 Å². The molecule has 1 amide bonds. The van der Waals surface area contributed by atoms with Crippen molar-refractivity contribution in [1.29, 1.82) is 0 Å². The van der Waals surface area contributed by atoms with Gasteiger partial charge in [0.1, 0.15) is 0 Å². The molecule has 1 aliphatic rings. The molecule has 0 saturated carbocycles. The number of quaternary nitrogens is 1. The van der Waals surface area contributed by atoms with Crippen molar-refractivity contribution in [3.63, 3.8) is 0 Å². The average Bonchev–Trinajstić information content (AvgIpc) is 2.51. The second-order valence-corrected chi connectivity index (χ2v) is 9.02. The third kappa shape index (κ3) is 4.47. The molecule has 1 aromatic rings. The van der Waals surface area contributed by atoms with Crippen LogP contribution in [0, 0.1) is 0 Å². The molecule has 8 heteroatoms. The van der Waals surface area contributed by atoms with E-state index in [1.807, 2.05) is 0 Å². The summed E-state index contributed by atoms with van der Waals surface area (Å²) in [5.74, 6) is -0.153. The molecule has 24 heavy (non-hydrogen) atoms. The summed E-state index contributed by atoms with van der Waals surface area (Å²) >= 11 is 6.11. The molecule has 1 aromatic carbocycles. The number of nitrogens with one attached hydrogen (secondary N) is 2. The van der Waals surface area contributed by atoms with Crippen LogP contribution in [0.4, 0.5) is 5.69 Å². The van der Waals surface area contributed by atoms with Crippen molar-refractivity contribution in [1.82, 2.24) is 4.31 Å². The summed E-state index contributed by atoms with van der Waals surface area (Å²) in [6.45, 7) is 3.50. The number of carbonyl (C=O) groups excluding carboxylic acids is 1. The summed E-state index contributed by atoms with van der Waals surface area (Å²) in [7, 11) is -0.647. The van der Waals surface area contributed by atoms with Gasteiger partial charge in [-0.05, 0) is 44.4 Å². The molecule has 1 unspecified atom stereocenters. The Morgan fingerprint density at radius 3 is 2.71 bits per heavy atom. The lowest BCUT2D eigenvalue weighted by molar-refractivity contribution is -0.920. The summed E-state index contributed by atoms with van der Waals surface area (Å²) in [5.41, 5.74) is 0.327. The van der Waals surface area contributed by atoms with Crippen LogP contribution in [0.1, 0.15) is 26.2 Å². The molecule has 0 radical (unpaired) electrons. The Bertz CT molecular complexity index is 707. The molecule has 6 nitrogen and oxygen atoms in total. The van der Waals surface area contributed by atoms with E-state index in [0.717, 1.165) is 23.7 Å². The van der Waals surface area contributed by atoms with Crippen LogP contribution in [0.15, 0.2) is 23.1 Å². The van der Waals surface area contributed by atoms with Crippen molar-refractivity contribution in [3.05, 3.63) is 23.2 Å². The van der Waals surface area contributed by atoms with Gasteiger partial charge in [-0.3, -0.25) is 4.79 Å². The van der Waals surface area contributed by atoms with Crippen LogP contribution >= 0.6 is 11.6 Å². The Morgan fingerprint density at radius 1 is 1.38 bits per heavy atom. The van der Waals surface area contributed by atoms with Gasteiger partial charge in [-0.1, -0.05) is 11.6 Å². The van der Waals surface area contributed by atoms with Gasteiger partial charge in [0.15, 0.2) is 6.54 Å². The van der Waals surface area contributed by atoms with Gasteiger partial charge in [-0.15, -0.1) is 0 Å². The van der Waals surface area contributed by atoms with Crippen LogP contribution in [-0.2, 0) is 14.8 Å². The second-order valence-electron chi connectivity index (χ2n) is 6.46. The predicted octanol–water partition coefficient (Wildman–Crippen LogP) is 0.986. The average molecular weight is 375 g/mol. The fourth-order valence-corrected chi connectivity index (χ4v) is 3.98. The number of likely N-dealkylation sites (tertiary alicyclic amines) is 1. The van der Waals surface area contributed by atoms with E-state index in [2.05, 4.69) is 12.2 Å². The first-order valence-electron chi connectivity index (χ1n) is 8.08. The number of benzene rings is 1. The molecule has 1 aliphatic heterocycles. The third-order valence-electron chi connectivity index (χ3n) is 4.46. The van der Waals surface area contributed by atoms with Crippen LogP contribution in [0.2, 0.25) is 5.02 Å². The molecule has 1 heterocycles. The Morgan fingerprint density at radius 2 is 2.08 bits per heavy atom. The molecule has 0 spiro atoms. The topological polar surface area (TPSA) is 70.9 Å².